The molecule has 0 aromatic rings. The first-order valence-corrected chi connectivity index (χ1v) is 26.5. The maximum absolute atomic E-state index is 12.6. The van der Waals surface area contributed by atoms with Crippen LogP contribution in [0.2, 0.25) is 6.04 Å². The Bertz CT molecular complexity index is 764. The summed E-state index contributed by atoms with van der Waals surface area (Å²) in [6, 6.07) is 0.873. The molecule has 1 unspecified atom stereocenters. The smallest absolute Gasteiger partial charge is 0.379 e. The van der Waals surface area contributed by atoms with E-state index in [4.69, 9.17) is 32.2 Å². The molecule has 336 valence electrons. The van der Waals surface area contributed by atoms with Crippen LogP contribution in [0.4, 0.5) is 0 Å². The number of thioether (sulfide) groups is 1. The molecule has 0 aromatic heterocycles. The molecule has 0 spiro atoms. The Labute approximate surface area is 352 Å². The Morgan fingerprint density at radius 1 is 0.482 bits per heavy atom. The maximum atomic E-state index is 12.6. The number of likely N-dealkylation sites (N-methyl/N-ethyl adjacent to an activating group) is 1. The van der Waals surface area contributed by atoms with E-state index in [1.165, 1.54) is 114 Å². The summed E-state index contributed by atoms with van der Waals surface area (Å²) < 4.78 is 43.0. The number of ether oxygens (including phenoxy) is 4. The van der Waals surface area contributed by atoms with Crippen molar-refractivity contribution in [3.8, 4) is 0 Å². The number of hydrogen-bond acceptors (Lipinski definition) is 10. The van der Waals surface area contributed by atoms with Crippen LogP contribution in [-0.2, 0) is 37.0 Å². The fourth-order valence-electron chi connectivity index (χ4n) is 6.36. The van der Waals surface area contributed by atoms with Gasteiger partial charge in [-0.15, -0.1) is 0 Å². The van der Waals surface area contributed by atoms with Gasteiger partial charge in [0.15, 0.2) is 5.12 Å². The van der Waals surface area contributed by atoms with Crippen molar-refractivity contribution >= 4 is 25.7 Å². The minimum absolute atomic E-state index is 0.221. The van der Waals surface area contributed by atoms with E-state index in [0.717, 1.165) is 70.3 Å². The van der Waals surface area contributed by atoms with Crippen molar-refractivity contribution in [2.24, 2.45) is 0 Å². The summed E-state index contributed by atoms with van der Waals surface area (Å²) in [5.41, 5.74) is 0. The molecule has 9 nitrogen and oxygen atoms in total. The molecule has 0 radical (unpaired) electrons. The van der Waals surface area contributed by atoms with Crippen molar-refractivity contribution in [3.05, 3.63) is 0 Å². The molecule has 0 aliphatic heterocycles. The van der Waals surface area contributed by atoms with E-state index in [0.29, 0.717) is 71.9 Å². The second kappa shape index (κ2) is 46.0. The van der Waals surface area contributed by atoms with Gasteiger partial charge < -0.3 is 37.5 Å². The molecule has 0 rings (SSSR count). The quantitative estimate of drug-likeness (QED) is 0.0472. The van der Waals surface area contributed by atoms with E-state index in [1.54, 1.807) is 0 Å². The zero-order valence-corrected chi connectivity index (χ0v) is 39.4. The number of hydrogen-bond donors (Lipinski definition) is 1. The molecule has 0 heterocycles. The Balaban J connectivity index is 5.13. The molecule has 0 aliphatic rings. The van der Waals surface area contributed by atoms with Crippen molar-refractivity contribution in [3.63, 3.8) is 0 Å². The van der Waals surface area contributed by atoms with Crippen LogP contribution >= 0.6 is 11.8 Å². The average Bonchev–Trinajstić information content (AvgIpc) is 3.21. The van der Waals surface area contributed by atoms with Gasteiger partial charge in [0.25, 0.3) is 0 Å². The second-order valence-electron chi connectivity index (χ2n) is 15.4. The van der Waals surface area contributed by atoms with Gasteiger partial charge in [0.1, 0.15) is 0 Å². The molecule has 1 N–H and O–H groups in total. The Hall–Kier alpha value is -0.0831. The normalized spacial score (nSPS) is 12.5. The molecule has 0 aromatic carbocycles. The lowest BCUT2D eigenvalue weighted by atomic mass is 10.0. The van der Waals surface area contributed by atoms with Gasteiger partial charge in [-0.3, -0.25) is 4.79 Å². The standard InChI is InChI=1S/C45H93NO8SSi/c1-6-10-14-16-17-18-19-20-21-22-23-25-26-29-44(46-5)43-54-56(52-39-37-50-35-33-48-31-12-8-3,53-40-38-51-36-34-49-32-13-9-4)42-28-41-55-45(47)30-27-24-15-11-7-2/h44,46H,6-43H2,1-5H3. The number of unbranched alkanes of at least 4 members (excludes halogenated alkanes) is 18. The highest BCUT2D eigenvalue weighted by Crippen LogP contribution is 2.23. The van der Waals surface area contributed by atoms with Gasteiger partial charge in [-0.2, -0.15) is 0 Å². The third-order valence-electron chi connectivity index (χ3n) is 10.1. The second-order valence-corrected chi connectivity index (χ2v) is 19.2. The van der Waals surface area contributed by atoms with Crippen molar-refractivity contribution < 1.29 is 37.0 Å². The molecule has 0 saturated carbocycles. The van der Waals surface area contributed by atoms with E-state index in [2.05, 4.69) is 33.0 Å². The first kappa shape index (κ1) is 55.9. The van der Waals surface area contributed by atoms with Gasteiger partial charge in [-0.1, -0.05) is 161 Å². The van der Waals surface area contributed by atoms with Gasteiger partial charge in [0, 0.05) is 37.5 Å². The van der Waals surface area contributed by atoms with Crippen molar-refractivity contribution in [1.29, 1.82) is 0 Å². The lowest BCUT2D eigenvalue weighted by Gasteiger charge is -2.31. The number of carbonyl (C=O) groups excluding carboxylic acids is 1. The Morgan fingerprint density at radius 2 is 0.893 bits per heavy atom. The SMILES string of the molecule is CCCCCCCCCCCCCCCC(CO[Si](CCCSC(=O)CCCCCCC)(OCCOCCOCCCC)OCCOCCOCCCC)NC. The van der Waals surface area contributed by atoms with Gasteiger partial charge in [0.05, 0.1) is 59.5 Å². The molecule has 1 atom stereocenters. The van der Waals surface area contributed by atoms with Gasteiger partial charge in [0.2, 0.25) is 0 Å². The van der Waals surface area contributed by atoms with Crippen molar-refractivity contribution in [2.75, 3.05) is 85.5 Å². The Kier molecular flexibility index (Phi) is 45.9. The summed E-state index contributed by atoms with van der Waals surface area (Å²) in [5, 5.41) is 3.79. The largest absolute Gasteiger partial charge is 0.501 e. The van der Waals surface area contributed by atoms with Crippen LogP contribution in [0, 0.1) is 0 Å². The van der Waals surface area contributed by atoms with E-state index < -0.39 is 8.80 Å². The Morgan fingerprint density at radius 3 is 1.36 bits per heavy atom. The fourth-order valence-corrected chi connectivity index (χ4v) is 9.96. The van der Waals surface area contributed by atoms with Crippen LogP contribution in [0.15, 0.2) is 0 Å². The summed E-state index contributed by atoms with van der Waals surface area (Å²) in [7, 11) is -1.11. The van der Waals surface area contributed by atoms with E-state index in [9.17, 15) is 4.79 Å². The van der Waals surface area contributed by atoms with Gasteiger partial charge in [-0.05, 0) is 39.2 Å². The summed E-state index contributed by atoms with van der Waals surface area (Å²) >= 11 is 1.45. The van der Waals surface area contributed by atoms with Crippen LogP contribution in [0.25, 0.3) is 0 Å². The van der Waals surface area contributed by atoms with Crippen LogP contribution in [0.5, 0.6) is 0 Å². The molecule has 0 aliphatic carbocycles. The van der Waals surface area contributed by atoms with Crippen molar-refractivity contribution in [1.82, 2.24) is 5.32 Å². The average molecular weight is 836 g/mol. The molecule has 0 fully saturated rings. The van der Waals surface area contributed by atoms with Gasteiger partial charge in [-0.25, -0.2) is 0 Å². The molecular weight excluding hydrogens is 743 g/mol. The first-order chi connectivity index (χ1) is 27.6. The van der Waals surface area contributed by atoms with Crippen molar-refractivity contribution in [2.45, 2.75) is 200 Å². The highest BCUT2D eigenvalue weighted by molar-refractivity contribution is 8.13. The van der Waals surface area contributed by atoms with Gasteiger partial charge >= 0.3 is 8.80 Å². The molecule has 11 heteroatoms. The highest BCUT2D eigenvalue weighted by atomic mass is 32.2. The molecule has 0 saturated heterocycles. The number of rotatable bonds is 48. The summed E-state index contributed by atoms with van der Waals surface area (Å²) in [4.78, 5) is 12.6. The third-order valence-corrected chi connectivity index (χ3v) is 14.0. The summed E-state index contributed by atoms with van der Waals surface area (Å²) in [5.74, 6) is 0.740. The maximum Gasteiger partial charge on any atom is 0.501 e. The lowest BCUT2D eigenvalue weighted by Crippen LogP contribution is -2.50. The van der Waals surface area contributed by atoms with E-state index in [1.807, 2.05) is 7.05 Å². The molecule has 0 bridgehead atoms. The lowest BCUT2D eigenvalue weighted by molar-refractivity contribution is -0.111. The minimum atomic E-state index is -3.13. The van der Waals surface area contributed by atoms with Crippen LogP contribution in [0.1, 0.15) is 188 Å². The number of nitrogens with one attached hydrogen (secondary N) is 1. The number of carbonyl (C=O) groups is 1. The minimum Gasteiger partial charge on any atom is -0.379 e. The summed E-state index contributed by atoms with van der Waals surface area (Å²) in [6.45, 7) is 14.8. The van der Waals surface area contributed by atoms with Crippen LogP contribution in [-0.4, -0.2) is 105 Å². The van der Waals surface area contributed by atoms with E-state index >= 15 is 0 Å². The predicted octanol–water partition coefficient (Wildman–Crippen LogP) is 11.7. The third kappa shape index (κ3) is 39.4. The van der Waals surface area contributed by atoms with Crippen LogP contribution in [0.3, 0.4) is 0 Å². The van der Waals surface area contributed by atoms with Crippen LogP contribution < -0.4 is 5.32 Å². The zero-order valence-electron chi connectivity index (χ0n) is 37.6. The van der Waals surface area contributed by atoms with E-state index in [-0.39, 0.29) is 11.2 Å². The predicted molar refractivity (Wildman–Crippen MR) is 240 cm³/mol. The zero-order chi connectivity index (χ0) is 40.9. The molecule has 0 amide bonds. The highest BCUT2D eigenvalue weighted by Gasteiger charge is 2.41. The topological polar surface area (TPSA) is 93.7 Å². The molecule has 56 heavy (non-hydrogen) atoms. The first-order valence-electron chi connectivity index (χ1n) is 23.6. The molecular formula is C45H93NO8SSi. The summed E-state index contributed by atoms with van der Waals surface area (Å²) in [6.07, 6.45) is 30.3. The monoisotopic (exact) mass is 836 g/mol. The fraction of sp³-hybridized carbons (Fsp3) is 0.978.